The van der Waals surface area contributed by atoms with Crippen LogP contribution >= 0.6 is 15.9 Å². The van der Waals surface area contributed by atoms with Gasteiger partial charge in [0.15, 0.2) is 0 Å². The maximum Gasteiger partial charge on any atom is 0.103 e. The Bertz CT molecular complexity index is 1550. The van der Waals surface area contributed by atoms with Crippen LogP contribution in [0.4, 0.5) is 0 Å². The highest BCUT2D eigenvalue weighted by atomic mass is 79.9. The average Bonchev–Trinajstić information content (AvgIpc) is 3.26. The van der Waals surface area contributed by atoms with Crippen molar-refractivity contribution in [2.75, 3.05) is 0 Å². The van der Waals surface area contributed by atoms with E-state index in [1.54, 1.807) is 0 Å². The van der Waals surface area contributed by atoms with Gasteiger partial charge >= 0.3 is 0 Å². The summed E-state index contributed by atoms with van der Waals surface area (Å²) in [6.07, 6.45) is 0. The highest BCUT2D eigenvalue weighted by molar-refractivity contribution is 9.10. The Morgan fingerprint density at radius 1 is 0.594 bits per heavy atom. The van der Waals surface area contributed by atoms with E-state index >= 15 is 0 Å². The molecular weight excluding hydrogens is 458 g/mol. The Morgan fingerprint density at radius 2 is 1.22 bits per heavy atom. The fourth-order valence-corrected chi connectivity index (χ4v) is 4.47. The Morgan fingerprint density at radius 3 is 1.97 bits per heavy atom. The Labute approximate surface area is 194 Å². The molecule has 6 aromatic rings. The number of nitrogens with zero attached hydrogens (tertiary/aromatic N) is 3. The molecule has 152 valence electrons. The van der Waals surface area contributed by atoms with Gasteiger partial charge in [0, 0.05) is 21.0 Å². The number of hydrogen-bond donors (Lipinski definition) is 0. The molecule has 0 amide bonds. The minimum Gasteiger partial charge on any atom is -0.247 e. The number of rotatable bonds is 3. The van der Waals surface area contributed by atoms with Gasteiger partial charge in [-0.3, -0.25) is 0 Å². The molecule has 0 spiro atoms. The summed E-state index contributed by atoms with van der Waals surface area (Å²) in [6, 6.07) is 37.3. The molecule has 0 radical (unpaired) electrons. The van der Waals surface area contributed by atoms with Gasteiger partial charge in [-0.15, -0.1) is 0 Å². The first kappa shape index (κ1) is 19.0. The van der Waals surface area contributed by atoms with Crippen molar-refractivity contribution in [1.82, 2.24) is 14.8 Å². The van der Waals surface area contributed by atoms with Gasteiger partial charge in [-0.1, -0.05) is 94.8 Å². The fourth-order valence-electron chi connectivity index (χ4n) is 4.21. The lowest BCUT2D eigenvalue weighted by Gasteiger charge is -2.10. The Kier molecular flexibility index (Phi) is 4.58. The zero-order valence-electron chi connectivity index (χ0n) is 17.1. The van der Waals surface area contributed by atoms with Gasteiger partial charge in [0.2, 0.25) is 0 Å². The first-order valence-electron chi connectivity index (χ1n) is 10.5. The summed E-state index contributed by atoms with van der Waals surface area (Å²) in [6.45, 7) is 0. The van der Waals surface area contributed by atoms with E-state index in [0.29, 0.717) is 0 Å². The molecule has 0 N–H and O–H groups in total. The number of hydrogen-bond acceptors (Lipinski definition) is 2. The van der Waals surface area contributed by atoms with Crippen molar-refractivity contribution in [2.24, 2.45) is 0 Å². The maximum absolute atomic E-state index is 5.16. The molecule has 0 fully saturated rings. The molecule has 0 saturated carbocycles. The molecule has 3 nitrogen and oxygen atoms in total. The molecule has 4 heteroatoms. The molecule has 0 atom stereocenters. The topological polar surface area (TPSA) is 30.7 Å². The van der Waals surface area contributed by atoms with Gasteiger partial charge in [0.05, 0.1) is 27.8 Å². The molecule has 2 aromatic heterocycles. The largest absolute Gasteiger partial charge is 0.247 e. The highest BCUT2D eigenvalue weighted by Crippen LogP contribution is 2.39. The smallest absolute Gasteiger partial charge is 0.103 e. The minimum absolute atomic E-state index is 0.924. The first-order chi connectivity index (χ1) is 15.8. The van der Waals surface area contributed by atoms with Crippen LogP contribution in [0.25, 0.3) is 50.0 Å². The van der Waals surface area contributed by atoms with E-state index in [1.807, 2.05) is 30.3 Å². The van der Waals surface area contributed by atoms with Gasteiger partial charge < -0.3 is 0 Å². The van der Waals surface area contributed by atoms with Crippen LogP contribution in [0.15, 0.2) is 114 Å². The van der Waals surface area contributed by atoms with Crippen LogP contribution in [0.5, 0.6) is 0 Å². The lowest BCUT2D eigenvalue weighted by atomic mass is 10.00. The second-order valence-electron chi connectivity index (χ2n) is 7.67. The summed E-state index contributed by atoms with van der Waals surface area (Å²) in [5, 5.41) is 7.30. The number of fused-ring (bicyclic) bond motifs is 3. The molecule has 0 saturated heterocycles. The van der Waals surface area contributed by atoms with Crippen molar-refractivity contribution in [3.8, 4) is 28.2 Å². The average molecular weight is 476 g/mol. The number of benzene rings is 4. The first-order valence-corrected chi connectivity index (χ1v) is 11.3. The maximum atomic E-state index is 5.16. The normalized spacial score (nSPS) is 11.3. The van der Waals surface area contributed by atoms with Crippen molar-refractivity contribution >= 4 is 37.7 Å². The Balaban J connectivity index is 1.82. The van der Waals surface area contributed by atoms with E-state index < -0.39 is 0 Å². The molecule has 0 aliphatic heterocycles. The molecule has 2 heterocycles. The third-order valence-corrected chi connectivity index (χ3v) is 6.21. The Hall–Kier alpha value is -3.76. The predicted molar refractivity (Wildman–Crippen MR) is 135 cm³/mol. The number of aromatic nitrogens is 3. The summed E-state index contributed by atoms with van der Waals surface area (Å²) >= 11 is 3.56. The van der Waals surface area contributed by atoms with Crippen LogP contribution in [-0.4, -0.2) is 14.8 Å². The molecule has 0 aliphatic rings. The van der Waals surface area contributed by atoms with Crippen LogP contribution in [0, 0.1) is 0 Å². The van der Waals surface area contributed by atoms with Gasteiger partial charge in [0.1, 0.15) is 5.69 Å². The van der Waals surface area contributed by atoms with Crippen molar-refractivity contribution < 1.29 is 0 Å². The summed E-state index contributed by atoms with van der Waals surface area (Å²) < 4.78 is 3.10. The SMILES string of the molecule is Brc1ccc(-c2nn(-c3ccccc3)c3c2c(-c2ccccc2)nc2ccccc23)cc1. The molecule has 32 heavy (non-hydrogen) atoms. The standard InChI is InChI=1S/C28H18BrN3/c29-21-17-15-20(16-18-21)27-25-26(19-9-3-1-4-10-19)30-24-14-8-7-13-23(24)28(25)32(31-27)22-11-5-2-6-12-22/h1-18H. The van der Waals surface area contributed by atoms with Crippen molar-refractivity contribution in [2.45, 2.75) is 0 Å². The lowest BCUT2D eigenvalue weighted by molar-refractivity contribution is 0.918. The molecule has 6 rings (SSSR count). The van der Waals surface area contributed by atoms with E-state index in [1.165, 1.54) is 0 Å². The van der Waals surface area contributed by atoms with Crippen molar-refractivity contribution in [1.29, 1.82) is 0 Å². The molecule has 0 unspecified atom stereocenters. The molecule has 4 aromatic carbocycles. The number of halogens is 1. The van der Waals surface area contributed by atoms with E-state index in [0.717, 1.165) is 54.5 Å². The quantitative estimate of drug-likeness (QED) is 0.262. The van der Waals surface area contributed by atoms with Crippen molar-refractivity contribution in [3.05, 3.63) is 114 Å². The van der Waals surface area contributed by atoms with Crippen LogP contribution in [0.2, 0.25) is 0 Å². The van der Waals surface area contributed by atoms with Crippen LogP contribution in [0.1, 0.15) is 0 Å². The highest BCUT2D eigenvalue weighted by Gasteiger charge is 2.21. The zero-order valence-corrected chi connectivity index (χ0v) is 18.7. The molecule has 0 aliphatic carbocycles. The van der Waals surface area contributed by atoms with Crippen LogP contribution in [0.3, 0.4) is 0 Å². The van der Waals surface area contributed by atoms with E-state index in [4.69, 9.17) is 10.1 Å². The number of pyridine rings is 1. The predicted octanol–water partition coefficient (Wildman–Crippen LogP) is 7.67. The fraction of sp³-hybridized carbons (Fsp3) is 0. The van der Waals surface area contributed by atoms with E-state index in [2.05, 4.69) is 99.5 Å². The summed E-state index contributed by atoms with van der Waals surface area (Å²) in [7, 11) is 0. The summed E-state index contributed by atoms with van der Waals surface area (Å²) in [5.41, 5.74) is 7.05. The monoisotopic (exact) mass is 475 g/mol. The third kappa shape index (κ3) is 3.12. The van der Waals surface area contributed by atoms with Gasteiger partial charge in [-0.05, 0) is 30.3 Å². The third-order valence-electron chi connectivity index (χ3n) is 5.68. The van der Waals surface area contributed by atoms with E-state index in [-0.39, 0.29) is 0 Å². The van der Waals surface area contributed by atoms with E-state index in [9.17, 15) is 0 Å². The van der Waals surface area contributed by atoms with Gasteiger partial charge in [0.25, 0.3) is 0 Å². The van der Waals surface area contributed by atoms with Crippen molar-refractivity contribution in [3.63, 3.8) is 0 Å². The van der Waals surface area contributed by atoms with Gasteiger partial charge in [-0.25, -0.2) is 9.67 Å². The zero-order chi connectivity index (χ0) is 21.5. The molecular formula is C28H18BrN3. The summed E-state index contributed by atoms with van der Waals surface area (Å²) in [4.78, 5) is 5.12. The summed E-state index contributed by atoms with van der Waals surface area (Å²) in [5.74, 6) is 0. The van der Waals surface area contributed by atoms with Crippen LogP contribution < -0.4 is 0 Å². The molecule has 0 bridgehead atoms. The number of para-hydroxylation sites is 2. The van der Waals surface area contributed by atoms with Gasteiger partial charge in [-0.2, -0.15) is 5.10 Å². The second kappa shape index (κ2) is 7.74. The lowest BCUT2D eigenvalue weighted by Crippen LogP contribution is -1.97. The second-order valence-corrected chi connectivity index (χ2v) is 8.59. The minimum atomic E-state index is 0.924. The van der Waals surface area contributed by atoms with Crippen LogP contribution in [-0.2, 0) is 0 Å².